The number of nitrogens with zero attached hydrogens (tertiary/aromatic N) is 1. The van der Waals surface area contributed by atoms with Gasteiger partial charge in [0.15, 0.2) is 0 Å². The Balaban J connectivity index is 1.76. The predicted octanol–water partition coefficient (Wildman–Crippen LogP) is 3.41. The van der Waals surface area contributed by atoms with Crippen LogP contribution in [0.3, 0.4) is 0 Å². The summed E-state index contributed by atoms with van der Waals surface area (Å²) >= 11 is 0. The first-order valence-electron chi connectivity index (χ1n) is 8.41. The fourth-order valence-electron chi connectivity index (χ4n) is 2.80. The molecule has 3 aromatic carbocycles. The number of benzene rings is 3. The van der Waals surface area contributed by atoms with Crippen molar-refractivity contribution in [3.63, 3.8) is 0 Å². The normalized spacial score (nSPS) is 10.3. The third-order valence-corrected chi connectivity index (χ3v) is 4.10. The van der Waals surface area contributed by atoms with Crippen molar-refractivity contribution in [3.8, 4) is 11.1 Å². The van der Waals surface area contributed by atoms with E-state index in [0.717, 1.165) is 16.7 Å². The van der Waals surface area contributed by atoms with Crippen LogP contribution in [0.2, 0.25) is 0 Å². The lowest BCUT2D eigenvalue weighted by Crippen LogP contribution is -2.39. The van der Waals surface area contributed by atoms with Crippen molar-refractivity contribution in [2.75, 3.05) is 11.4 Å². The Morgan fingerprint density at radius 2 is 1.27 bits per heavy atom. The van der Waals surface area contributed by atoms with Crippen molar-refractivity contribution in [3.05, 3.63) is 90.5 Å². The fourth-order valence-corrected chi connectivity index (χ4v) is 2.80. The van der Waals surface area contributed by atoms with Crippen LogP contribution in [0.1, 0.15) is 5.56 Å². The average Bonchev–Trinajstić information content (AvgIpc) is 2.68. The van der Waals surface area contributed by atoms with Gasteiger partial charge in [-0.1, -0.05) is 72.8 Å². The standard InChI is InChI=1S/C22H20N2O2/c23-21(25)16-24(20-9-5-2-6-10-20)22(26)15-17-11-13-19(14-12-17)18-7-3-1-4-8-18/h1-14H,15-16H2,(H2,23,25). The third kappa shape index (κ3) is 4.36. The van der Waals surface area contributed by atoms with E-state index < -0.39 is 5.91 Å². The van der Waals surface area contributed by atoms with Crippen LogP contribution < -0.4 is 10.6 Å². The van der Waals surface area contributed by atoms with Crippen LogP contribution in [0.5, 0.6) is 0 Å². The van der Waals surface area contributed by atoms with Gasteiger partial charge in [0.05, 0.1) is 6.42 Å². The van der Waals surface area contributed by atoms with E-state index in [-0.39, 0.29) is 18.9 Å². The van der Waals surface area contributed by atoms with Crippen LogP contribution in [0.25, 0.3) is 11.1 Å². The molecule has 0 radical (unpaired) electrons. The molecule has 0 saturated carbocycles. The van der Waals surface area contributed by atoms with Gasteiger partial charge in [-0.25, -0.2) is 0 Å². The molecule has 4 heteroatoms. The number of carbonyl (C=O) groups excluding carboxylic acids is 2. The quantitative estimate of drug-likeness (QED) is 0.745. The van der Waals surface area contributed by atoms with E-state index in [1.54, 1.807) is 12.1 Å². The van der Waals surface area contributed by atoms with Gasteiger partial charge >= 0.3 is 0 Å². The van der Waals surface area contributed by atoms with Gasteiger partial charge in [-0.15, -0.1) is 0 Å². The van der Waals surface area contributed by atoms with Gasteiger partial charge in [-0.2, -0.15) is 0 Å². The van der Waals surface area contributed by atoms with Crippen LogP contribution in [0, 0.1) is 0 Å². The lowest BCUT2D eigenvalue weighted by atomic mass is 10.0. The zero-order valence-corrected chi connectivity index (χ0v) is 14.3. The maximum Gasteiger partial charge on any atom is 0.237 e. The molecule has 0 heterocycles. The number of carbonyl (C=O) groups is 2. The smallest absolute Gasteiger partial charge is 0.237 e. The second-order valence-electron chi connectivity index (χ2n) is 6.02. The van der Waals surface area contributed by atoms with Crippen molar-refractivity contribution >= 4 is 17.5 Å². The van der Waals surface area contributed by atoms with Crippen LogP contribution in [-0.2, 0) is 16.0 Å². The number of para-hydroxylation sites is 1. The van der Waals surface area contributed by atoms with Crippen molar-refractivity contribution < 1.29 is 9.59 Å². The summed E-state index contributed by atoms with van der Waals surface area (Å²) in [5.74, 6) is -0.705. The largest absolute Gasteiger partial charge is 0.368 e. The Morgan fingerprint density at radius 3 is 1.85 bits per heavy atom. The van der Waals surface area contributed by atoms with Crippen LogP contribution in [-0.4, -0.2) is 18.4 Å². The van der Waals surface area contributed by atoms with Gasteiger partial charge < -0.3 is 10.6 Å². The molecule has 0 saturated heterocycles. The molecule has 130 valence electrons. The van der Waals surface area contributed by atoms with Gasteiger partial charge in [0.1, 0.15) is 6.54 Å². The number of anilines is 1. The molecule has 0 spiro atoms. The molecule has 0 aliphatic carbocycles. The highest BCUT2D eigenvalue weighted by Gasteiger charge is 2.18. The summed E-state index contributed by atoms with van der Waals surface area (Å²) in [5.41, 5.74) is 9.09. The molecular formula is C22H20N2O2. The van der Waals surface area contributed by atoms with E-state index in [2.05, 4.69) is 0 Å². The number of nitrogens with two attached hydrogens (primary N) is 1. The number of hydrogen-bond acceptors (Lipinski definition) is 2. The van der Waals surface area contributed by atoms with E-state index in [0.29, 0.717) is 5.69 Å². The Hall–Kier alpha value is -3.40. The van der Waals surface area contributed by atoms with Crippen molar-refractivity contribution in [2.45, 2.75) is 6.42 Å². The second kappa shape index (κ2) is 8.12. The zero-order chi connectivity index (χ0) is 18.4. The summed E-state index contributed by atoms with van der Waals surface area (Å²) in [4.78, 5) is 25.5. The third-order valence-electron chi connectivity index (χ3n) is 4.10. The van der Waals surface area contributed by atoms with Crippen molar-refractivity contribution in [2.24, 2.45) is 5.73 Å². The molecule has 0 bridgehead atoms. The summed E-state index contributed by atoms with van der Waals surface area (Å²) in [6.45, 7) is -0.134. The predicted molar refractivity (Wildman–Crippen MR) is 104 cm³/mol. The van der Waals surface area contributed by atoms with Gasteiger partial charge in [0.25, 0.3) is 0 Å². The van der Waals surface area contributed by atoms with E-state index in [1.807, 2.05) is 72.8 Å². The Labute approximate surface area is 152 Å². The molecule has 2 N–H and O–H groups in total. The first kappa shape index (κ1) is 17.4. The maximum atomic E-state index is 12.7. The minimum Gasteiger partial charge on any atom is -0.368 e. The Morgan fingerprint density at radius 1 is 0.731 bits per heavy atom. The van der Waals surface area contributed by atoms with Gasteiger partial charge in [0, 0.05) is 5.69 Å². The first-order valence-corrected chi connectivity index (χ1v) is 8.41. The molecule has 3 rings (SSSR count). The summed E-state index contributed by atoms with van der Waals surface area (Å²) in [7, 11) is 0. The SMILES string of the molecule is NC(=O)CN(C(=O)Cc1ccc(-c2ccccc2)cc1)c1ccccc1. The summed E-state index contributed by atoms with van der Waals surface area (Å²) < 4.78 is 0. The lowest BCUT2D eigenvalue weighted by Gasteiger charge is -2.21. The van der Waals surface area contributed by atoms with E-state index in [1.165, 1.54) is 4.90 Å². The van der Waals surface area contributed by atoms with Gasteiger partial charge in [-0.05, 0) is 28.8 Å². The highest BCUT2D eigenvalue weighted by Crippen LogP contribution is 2.20. The summed E-state index contributed by atoms with van der Waals surface area (Å²) in [6.07, 6.45) is 0.206. The van der Waals surface area contributed by atoms with Crippen LogP contribution >= 0.6 is 0 Å². The van der Waals surface area contributed by atoms with Crippen LogP contribution in [0.4, 0.5) is 5.69 Å². The van der Waals surface area contributed by atoms with Gasteiger partial charge in [-0.3, -0.25) is 9.59 Å². The minimum absolute atomic E-state index is 0.134. The monoisotopic (exact) mass is 344 g/mol. The summed E-state index contributed by atoms with van der Waals surface area (Å²) in [5, 5.41) is 0. The van der Waals surface area contributed by atoms with Gasteiger partial charge in [0.2, 0.25) is 11.8 Å². The molecule has 4 nitrogen and oxygen atoms in total. The number of amides is 2. The highest BCUT2D eigenvalue weighted by atomic mass is 16.2. The Kier molecular flexibility index (Phi) is 5.44. The number of rotatable bonds is 6. The molecule has 0 atom stereocenters. The van der Waals surface area contributed by atoms with Crippen molar-refractivity contribution in [1.29, 1.82) is 0 Å². The molecule has 2 amide bonds. The zero-order valence-electron chi connectivity index (χ0n) is 14.3. The number of primary amides is 1. The molecule has 26 heavy (non-hydrogen) atoms. The molecular weight excluding hydrogens is 324 g/mol. The number of hydrogen-bond donors (Lipinski definition) is 1. The maximum absolute atomic E-state index is 12.7. The molecule has 0 fully saturated rings. The molecule has 0 unspecified atom stereocenters. The molecule has 0 aliphatic rings. The average molecular weight is 344 g/mol. The molecule has 0 aliphatic heterocycles. The lowest BCUT2D eigenvalue weighted by molar-refractivity contribution is -0.122. The minimum atomic E-state index is -0.540. The second-order valence-corrected chi connectivity index (χ2v) is 6.02. The molecule has 3 aromatic rings. The fraction of sp³-hybridized carbons (Fsp3) is 0.0909. The first-order chi connectivity index (χ1) is 12.6. The van der Waals surface area contributed by atoms with E-state index in [4.69, 9.17) is 5.73 Å². The van der Waals surface area contributed by atoms with E-state index in [9.17, 15) is 9.59 Å². The Bertz CT molecular complexity index is 875. The summed E-state index contributed by atoms with van der Waals surface area (Å²) in [6, 6.07) is 27.0. The molecule has 0 aromatic heterocycles. The topological polar surface area (TPSA) is 63.4 Å². The van der Waals surface area contributed by atoms with Crippen molar-refractivity contribution in [1.82, 2.24) is 0 Å². The van der Waals surface area contributed by atoms with E-state index >= 15 is 0 Å². The highest BCUT2D eigenvalue weighted by molar-refractivity contribution is 5.99. The van der Waals surface area contributed by atoms with Crippen LogP contribution in [0.15, 0.2) is 84.9 Å².